The average molecular weight is 590 g/mol. The van der Waals surface area contributed by atoms with E-state index in [1.165, 1.54) is 32.2 Å². The number of hydrogen-bond donors (Lipinski definition) is 2. The largest absolute Gasteiger partial charge is 0.495 e. The number of nitrogens with one attached hydrogen (secondary N) is 2. The number of benzene rings is 3. The number of nitrogens with zero attached hydrogens (tertiary/aromatic N) is 1. The topological polar surface area (TPSA) is 123 Å². The second-order valence-electron chi connectivity index (χ2n) is 8.78. The fraction of sp³-hybridized carbons (Fsp3) is 0.286. The molecule has 0 aromatic heterocycles. The SMILES string of the molecule is COc1ccc(N([C@@H](C)C(=O)Nc2ccccc2C(=O)NCCc2ccc(OC)c(OC)c2)S(C)(=O)=O)cc1Cl. The van der Waals surface area contributed by atoms with E-state index in [0.29, 0.717) is 30.2 Å². The molecule has 0 radical (unpaired) electrons. The summed E-state index contributed by atoms with van der Waals surface area (Å²) >= 11 is 6.20. The molecule has 12 heteroatoms. The predicted octanol–water partition coefficient (Wildman–Crippen LogP) is 4.13. The molecule has 40 heavy (non-hydrogen) atoms. The summed E-state index contributed by atoms with van der Waals surface area (Å²) < 4.78 is 42.0. The Hall–Kier alpha value is -3.96. The van der Waals surface area contributed by atoms with Gasteiger partial charge >= 0.3 is 0 Å². The summed E-state index contributed by atoms with van der Waals surface area (Å²) in [6.07, 6.45) is 1.53. The van der Waals surface area contributed by atoms with Gasteiger partial charge < -0.3 is 24.8 Å². The maximum Gasteiger partial charge on any atom is 0.253 e. The number of halogens is 1. The lowest BCUT2D eigenvalue weighted by atomic mass is 10.1. The van der Waals surface area contributed by atoms with Crippen molar-refractivity contribution in [3.8, 4) is 17.2 Å². The Balaban J connectivity index is 1.73. The normalized spacial score (nSPS) is 11.8. The lowest BCUT2D eigenvalue weighted by Crippen LogP contribution is -2.45. The van der Waals surface area contributed by atoms with E-state index in [2.05, 4.69) is 10.6 Å². The van der Waals surface area contributed by atoms with E-state index in [1.807, 2.05) is 12.1 Å². The molecular formula is C28H32ClN3O7S. The zero-order valence-electron chi connectivity index (χ0n) is 22.9. The van der Waals surface area contributed by atoms with E-state index in [9.17, 15) is 18.0 Å². The standard InChI is InChI=1S/C28H32ClN3O7S/c1-18(32(40(5,35)36)20-11-13-24(37-2)22(29)17-20)27(33)31-23-9-7-6-8-21(23)28(34)30-15-14-19-10-12-25(38-3)26(16-19)39-4/h6-13,16-18H,14-15H2,1-5H3,(H,30,34)(H,31,33)/t18-/m0/s1. The van der Waals surface area contributed by atoms with Crippen LogP contribution >= 0.6 is 11.6 Å². The van der Waals surface area contributed by atoms with Crippen molar-refractivity contribution in [2.24, 2.45) is 0 Å². The minimum Gasteiger partial charge on any atom is -0.495 e. The van der Waals surface area contributed by atoms with Crippen molar-refractivity contribution in [2.75, 3.05) is 43.8 Å². The highest BCUT2D eigenvalue weighted by Gasteiger charge is 2.30. The molecule has 0 bridgehead atoms. The molecule has 2 amide bonds. The van der Waals surface area contributed by atoms with Crippen molar-refractivity contribution >= 4 is 44.8 Å². The number of hydrogen-bond acceptors (Lipinski definition) is 7. The summed E-state index contributed by atoms with van der Waals surface area (Å²) in [6, 6.07) is 15.2. The summed E-state index contributed by atoms with van der Waals surface area (Å²) in [6.45, 7) is 1.77. The van der Waals surface area contributed by atoms with E-state index < -0.39 is 27.9 Å². The number of methoxy groups -OCH3 is 3. The first kappa shape index (κ1) is 30.6. The number of rotatable bonds is 12. The lowest BCUT2D eigenvalue weighted by molar-refractivity contribution is -0.116. The second-order valence-corrected chi connectivity index (χ2v) is 11.1. The number of sulfonamides is 1. The van der Waals surface area contributed by atoms with Gasteiger partial charge in [-0.05, 0) is 61.4 Å². The zero-order valence-corrected chi connectivity index (χ0v) is 24.4. The Kier molecular flexibility index (Phi) is 10.2. The maximum atomic E-state index is 13.2. The van der Waals surface area contributed by atoms with Gasteiger partial charge in [0.1, 0.15) is 11.8 Å². The van der Waals surface area contributed by atoms with Crippen LogP contribution in [-0.2, 0) is 21.2 Å². The van der Waals surface area contributed by atoms with Crippen molar-refractivity contribution in [1.82, 2.24) is 5.32 Å². The molecule has 0 saturated heterocycles. The van der Waals surface area contributed by atoms with Gasteiger partial charge in [0.2, 0.25) is 15.9 Å². The first-order chi connectivity index (χ1) is 19.0. The van der Waals surface area contributed by atoms with Crippen LogP contribution in [0.4, 0.5) is 11.4 Å². The van der Waals surface area contributed by atoms with Crippen molar-refractivity contribution < 1.29 is 32.2 Å². The van der Waals surface area contributed by atoms with E-state index >= 15 is 0 Å². The Morgan fingerprint density at radius 3 is 2.20 bits per heavy atom. The molecule has 214 valence electrons. The number of carbonyl (C=O) groups is 2. The molecule has 0 aliphatic rings. The molecule has 0 fully saturated rings. The average Bonchev–Trinajstić information content (AvgIpc) is 2.92. The molecule has 10 nitrogen and oxygen atoms in total. The van der Waals surface area contributed by atoms with Crippen LogP contribution in [0.15, 0.2) is 60.7 Å². The maximum absolute atomic E-state index is 13.2. The monoisotopic (exact) mass is 589 g/mol. The molecule has 1 atom stereocenters. The highest BCUT2D eigenvalue weighted by molar-refractivity contribution is 7.92. The molecule has 2 N–H and O–H groups in total. The van der Waals surface area contributed by atoms with Gasteiger partial charge in [0, 0.05) is 6.54 Å². The minimum atomic E-state index is -3.89. The fourth-order valence-corrected chi connectivity index (χ4v) is 5.50. The first-order valence-electron chi connectivity index (χ1n) is 12.2. The Morgan fingerprint density at radius 1 is 0.925 bits per heavy atom. The zero-order chi connectivity index (χ0) is 29.4. The fourth-order valence-electron chi connectivity index (χ4n) is 4.08. The first-order valence-corrected chi connectivity index (χ1v) is 14.4. The number of para-hydroxylation sites is 1. The molecule has 0 aliphatic heterocycles. The molecule has 0 heterocycles. The van der Waals surface area contributed by atoms with Gasteiger partial charge in [-0.25, -0.2) is 8.42 Å². The van der Waals surface area contributed by atoms with Gasteiger partial charge in [0.15, 0.2) is 11.5 Å². The Morgan fingerprint density at radius 2 is 1.57 bits per heavy atom. The predicted molar refractivity (Wildman–Crippen MR) is 155 cm³/mol. The van der Waals surface area contributed by atoms with E-state index in [4.69, 9.17) is 25.8 Å². The summed E-state index contributed by atoms with van der Waals surface area (Å²) in [5, 5.41) is 5.73. The van der Waals surface area contributed by atoms with E-state index in [1.54, 1.807) is 44.6 Å². The van der Waals surface area contributed by atoms with E-state index in [-0.39, 0.29) is 22.0 Å². The smallest absolute Gasteiger partial charge is 0.253 e. The number of anilines is 2. The molecule has 0 unspecified atom stereocenters. The molecule has 3 rings (SSSR count). The highest BCUT2D eigenvalue weighted by Crippen LogP contribution is 2.32. The van der Waals surface area contributed by atoms with Crippen LogP contribution in [-0.4, -0.2) is 60.4 Å². The number of ether oxygens (including phenoxy) is 3. The third-order valence-corrected chi connectivity index (χ3v) is 7.59. The lowest BCUT2D eigenvalue weighted by Gasteiger charge is -2.28. The van der Waals surface area contributed by atoms with Crippen LogP contribution in [0.2, 0.25) is 5.02 Å². The summed E-state index contributed by atoms with van der Waals surface area (Å²) in [5.41, 5.74) is 1.60. The van der Waals surface area contributed by atoms with Crippen LogP contribution in [0.5, 0.6) is 17.2 Å². The molecular weight excluding hydrogens is 558 g/mol. The van der Waals surface area contributed by atoms with Crippen molar-refractivity contribution in [1.29, 1.82) is 0 Å². The van der Waals surface area contributed by atoms with E-state index in [0.717, 1.165) is 16.1 Å². The summed E-state index contributed by atoms with van der Waals surface area (Å²) in [5.74, 6) is 0.531. The molecule has 0 spiro atoms. The molecule has 0 aliphatic carbocycles. The highest BCUT2D eigenvalue weighted by atomic mass is 35.5. The van der Waals surface area contributed by atoms with Crippen molar-refractivity contribution in [3.05, 3.63) is 76.8 Å². The van der Waals surface area contributed by atoms with Gasteiger partial charge in [-0.3, -0.25) is 13.9 Å². The third kappa shape index (κ3) is 7.36. The number of amides is 2. The minimum absolute atomic E-state index is 0.191. The van der Waals surface area contributed by atoms with Crippen molar-refractivity contribution in [2.45, 2.75) is 19.4 Å². The number of carbonyl (C=O) groups excluding carboxylic acids is 2. The Bertz CT molecular complexity index is 1480. The van der Waals surface area contributed by atoms with Gasteiger partial charge in [0.25, 0.3) is 5.91 Å². The van der Waals surface area contributed by atoms with Crippen LogP contribution in [0, 0.1) is 0 Å². The van der Waals surface area contributed by atoms with Gasteiger partial charge in [0.05, 0.1) is 49.5 Å². The van der Waals surface area contributed by atoms with Crippen LogP contribution in [0.25, 0.3) is 0 Å². The van der Waals surface area contributed by atoms with Gasteiger partial charge in [-0.2, -0.15) is 0 Å². The molecule has 3 aromatic rings. The third-order valence-electron chi connectivity index (χ3n) is 6.06. The van der Waals surface area contributed by atoms with Crippen LogP contribution in [0.1, 0.15) is 22.8 Å². The summed E-state index contributed by atoms with van der Waals surface area (Å²) in [4.78, 5) is 26.2. The van der Waals surface area contributed by atoms with Crippen molar-refractivity contribution in [3.63, 3.8) is 0 Å². The van der Waals surface area contributed by atoms with Crippen LogP contribution in [0.3, 0.4) is 0 Å². The quantitative estimate of drug-likeness (QED) is 0.325. The Labute approximate surface area is 239 Å². The molecule has 0 saturated carbocycles. The molecule has 3 aromatic carbocycles. The summed E-state index contributed by atoms with van der Waals surface area (Å²) in [7, 11) is 0.661. The van der Waals surface area contributed by atoms with Gasteiger partial charge in [-0.15, -0.1) is 0 Å². The van der Waals surface area contributed by atoms with Gasteiger partial charge in [-0.1, -0.05) is 29.8 Å². The second kappa shape index (κ2) is 13.4. The van der Waals surface area contributed by atoms with Crippen LogP contribution < -0.4 is 29.1 Å².